The summed E-state index contributed by atoms with van der Waals surface area (Å²) in [7, 11) is 1.85. The largest absolute Gasteiger partial charge is 0.481 e. The number of rotatable bonds is 3. The topological polar surface area (TPSA) is 72.2 Å². The fourth-order valence-corrected chi connectivity index (χ4v) is 2.78. The van der Waals surface area contributed by atoms with Crippen LogP contribution in [0.5, 0.6) is 0 Å². The Labute approximate surface area is 106 Å². The zero-order valence-corrected chi connectivity index (χ0v) is 10.7. The summed E-state index contributed by atoms with van der Waals surface area (Å²) in [5.41, 5.74) is 1.02. The Balaban J connectivity index is 2.17. The molecule has 1 saturated carbocycles. The molecule has 0 saturated heterocycles. The molecule has 5 heteroatoms. The number of aryl methyl sites for hydroxylation is 1. The maximum absolute atomic E-state index is 11.8. The first-order chi connectivity index (χ1) is 8.49. The van der Waals surface area contributed by atoms with Crippen LogP contribution in [0.1, 0.15) is 37.8 Å². The van der Waals surface area contributed by atoms with Crippen LogP contribution in [0, 0.1) is 11.8 Å². The Hall–Kier alpha value is -1.65. The minimum Gasteiger partial charge on any atom is -0.481 e. The highest BCUT2D eigenvalue weighted by Crippen LogP contribution is 2.37. The number of aliphatic carboxylic acids is 1. The molecule has 0 bridgehead atoms. The fourth-order valence-electron chi connectivity index (χ4n) is 2.78. The Kier molecular flexibility index (Phi) is 3.50. The summed E-state index contributed by atoms with van der Waals surface area (Å²) in [5, 5.41) is 13.2. The number of hydrogen-bond donors (Lipinski definition) is 1. The number of aromatic nitrogens is 2. The molecule has 0 amide bonds. The number of carboxylic acid groups (broad SMARTS) is 1. The Morgan fingerprint density at radius 2 is 2.28 bits per heavy atom. The van der Waals surface area contributed by atoms with Gasteiger partial charge in [0.15, 0.2) is 0 Å². The molecule has 1 fully saturated rings. The summed E-state index contributed by atoms with van der Waals surface area (Å²) in [6, 6.07) is 1.91. The van der Waals surface area contributed by atoms with Gasteiger partial charge in [0.2, 0.25) is 0 Å². The van der Waals surface area contributed by atoms with Crippen molar-refractivity contribution in [3.63, 3.8) is 0 Å². The number of carbonyl (C=O) groups excluding carboxylic acids is 1. The molecule has 1 N–H and O–H groups in total. The number of nitrogens with zero attached hydrogens (tertiary/aromatic N) is 2. The van der Waals surface area contributed by atoms with Crippen molar-refractivity contribution in [2.24, 2.45) is 18.9 Å². The molecule has 1 aromatic heterocycles. The van der Waals surface area contributed by atoms with Gasteiger partial charge in [-0.15, -0.1) is 0 Å². The van der Waals surface area contributed by atoms with Gasteiger partial charge in [0, 0.05) is 37.7 Å². The molecule has 18 heavy (non-hydrogen) atoms. The van der Waals surface area contributed by atoms with E-state index in [4.69, 9.17) is 5.11 Å². The average molecular weight is 250 g/mol. The van der Waals surface area contributed by atoms with Gasteiger partial charge in [-0.05, 0) is 18.4 Å². The molecule has 0 aromatic carbocycles. The van der Waals surface area contributed by atoms with Crippen LogP contribution >= 0.6 is 0 Å². The molecule has 3 atom stereocenters. The van der Waals surface area contributed by atoms with E-state index >= 15 is 0 Å². The van der Waals surface area contributed by atoms with Crippen molar-refractivity contribution in [2.75, 3.05) is 0 Å². The van der Waals surface area contributed by atoms with Crippen LogP contribution in [0.25, 0.3) is 0 Å². The van der Waals surface area contributed by atoms with E-state index in [0.29, 0.717) is 12.8 Å². The number of carboxylic acids is 1. The highest BCUT2D eigenvalue weighted by Gasteiger charge is 2.34. The first-order valence-corrected chi connectivity index (χ1v) is 6.21. The summed E-state index contributed by atoms with van der Waals surface area (Å²) in [6.45, 7) is 1.69. The lowest BCUT2D eigenvalue weighted by Crippen LogP contribution is -2.30. The van der Waals surface area contributed by atoms with Crippen molar-refractivity contribution in [1.82, 2.24) is 9.78 Å². The molecular formula is C13H18N2O3. The predicted octanol–water partition coefficient (Wildman–Crippen LogP) is 1.59. The van der Waals surface area contributed by atoms with Gasteiger partial charge in [0.25, 0.3) is 0 Å². The zero-order chi connectivity index (χ0) is 13.3. The summed E-state index contributed by atoms with van der Waals surface area (Å²) in [5.74, 6) is -1.09. The molecular weight excluding hydrogens is 232 g/mol. The van der Waals surface area contributed by atoms with E-state index in [2.05, 4.69) is 5.10 Å². The SMILES string of the molecule is CC(C(=O)O)C1CC(=O)CC(c2ccnn2C)C1. The second kappa shape index (κ2) is 4.92. The van der Waals surface area contributed by atoms with E-state index in [1.54, 1.807) is 17.8 Å². The third-order valence-corrected chi connectivity index (χ3v) is 3.92. The van der Waals surface area contributed by atoms with Crippen molar-refractivity contribution >= 4 is 11.8 Å². The molecule has 98 valence electrons. The van der Waals surface area contributed by atoms with Gasteiger partial charge in [0.1, 0.15) is 5.78 Å². The second-order valence-electron chi connectivity index (χ2n) is 5.15. The molecule has 1 aromatic rings. The number of hydrogen-bond acceptors (Lipinski definition) is 3. The van der Waals surface area contributed by atoms with Crippen LogP contribution in [0.15, 0.2) is 12.3 Å². The summed E-state index contributed by atoms with van der Waals surface area (Å²) in [4.78, 5) is 22.8. The van der Waals surface area contributed by atoms with E-state index < -0.39 is 11.9 Å². The third kappa shape index (κ3) is 2.44. The third-order valence-electron chi connectivity index (χ3n) is 3.92. The predicted molar refractivity (Wildman–Crippen MR) is 65.1 cm³/mol. The van der Waals surface area contributed by atoms with Gasteiger partial charge in [-0.1, -0.05) is 6.92 Å². The first-order valence-electron chi connectivity index (χ1n) is 6.21. The molecule has 5 nitrogen and oxygen atoms in total. The van der Waals surface area contributed by atoms with Gasteiger partial charge in [-0.2, -0.15) is 5.10 Å². The summed E-state index contributed by atoms with van der Waals surface area (Å²) >= 11 is 0. The number of Topliss-reactive ketones (excluding diaryl/α,β-unsaturated/α-hetero) is 1. The monoisotopic (exact) mass is 250 g/mol. The highest BCUT2D eigenvalue weighted by atomic mass is 16.4. The zero-order valence-electron chi connectivity index (χ0n) is 10.7. The first kappa shape index (κ1) is 12.8. The Morgan fingerprint density at radius 1 is 1.56 bits per heavy atom. The van der Waals surface area contributed by atoms with Crippen molar-refractivity contribution in [3.05, 3.63) is 18.0 Å². The highest BCUT2D eigenvalue weighted by molar-refractivity contribution is 5.81. The molecule has 1 aliphatic rings. The summed E-state index contributed by atoms with van der Waals surface area (Å²) in [6.07, 6.45) is 3.35. The van der Waals surface area contributed by atoms with Gasteiger partial charge >= 0.3 is 5.97 Å². The number of ketones is 1. The normalized spacial score (nSPS) is 26.0. The average Bonchev–Trinajstić information content (AvgIpc) is 2.73. The Bertz CT molecular complexity index is 467. The molecule has 0 spiro atoms. The van der Waals surface area contributed by atoms with Crippen molar-refractivity contribution in [3.8, 4) is 0 Å². The lowest BCUT2D eigenvalue weighted by Gasteiger charge is -2.30. The quantitative estimate of drug-likeness (QED) is 0.884. The maximum Gasteiger partial charge on any atom is 0.306 e. The van der Waals surface area contributed by atoms with Crippen LogP contribution in [0.2, 0.25) is 0 Å². The minimum absolute atomic E-state index is 0.0661. The van der Waals surface area contributed by atoms with E-state index in [9.17, 15) is 9.59 Å². The van der Waals surface area contributed by atoms with Gasteiger partial charge in [0.05, 0.1) is 5.92 Å². The fraction of sp³-hybridized carbons (Fsp3) is 0.615. The molecule has 1 heterocycles. The van der Waals surface area contributed by atoms with Gasteiger partial charge in [-0.3, -0.25) is 14.3 Å². The van der Waals surface area contributed by atoms with Crippen molar-refractivity contribution < 1.29 is 14.7 Å². The van der Waals surface area contributed by atoms with E-state index in [-0.39, 0.29) is 17.6 Å². The van der Waals surface area contributed by atoms with Crippen molar-refractivity contribution in [2.45, 2.75) is 32.1 Å². The maximum atomic E-state index is 11.8. The molecule has 3 unspecified atom stereocenters. The Morgan fingerprint density at radius 3 is 2.83 bits per heavy atom. The summed E-state index contributed by atoms with van der Waals surface area (Å²) < 4.78 is 1.77. The second-order valence-corrected chi connectivity index (χ2v) is 5.15. The van der Waals surface area contributed by atoms with Crippen LogP contribution in [0.4, 0.5) is 0 Å². The van der Waals surface area contributed by atoms with Gasteiger partial charge < -0.3 is 5.11 Å². The molecule has 0 radical (unpaired) electrons. The van der Waals surface area contributed by atoms with Crippen molar-refractivity contribution in [1.29, 1.82) is 0 Å². The molecule has 0 aliphatic heterocycles. The minimum atomic E-state index is -0.821. The van der Waals surface area contributed by atoms with E-state index in [1.807, 2.05) is 13.1 Å². The van der Waals surface area contributed by atoms with Crippen LogP contribution in [-0.4, -0.2) is 26.6 Å². The lowest BCUT2D eigenvalue weighted by molar-refractivity contribution is -0.143. The lowest BCUT2D eigenvalue weighted by atomic mass is 9.74. The van der Waals surface area contributed by atoms with Crippen LogP contribution in [-0.2, 0) is 16.6 Å². The molecule has 1 aliphatic carbocycles. The van der Waals surface area contributed by atoms with Crippen LogP contribution in [0.3, 0.4) is 0 Å². The van der Waals surface area contributed by atoms with Crippen LogP contribution < -0.4 is 0 Å². The van der Waals surface area contributed by atoms with E-state index in [0.717, 1.165) is 12.1 Å². The standard InChI is InChI=1S/C13H18N2O3/c1-8(13(17)18)9-5-10(7-11(16)6-9)12-3-4-14-15(12)2/h3-4,8-10H,5-7H2,1-2H3,(H,17,18). The smallest absolute Gasteiger partial charge is 0.306 e. The number of carbonyl (C=O) groups is 2. The van der Waals surface area contributed by atoms with E-state index in [1.165, 1.54) is 0 Å². The molecule has 2 rings (SSSR count). The van der Waals surface area contributed by atoms with Gasteiger partial charge in [-0.25, -0.2) is 0 Å².